The molecule has 0 spiro atoms. The first-order valence-electron chi connectivity index (χ1n) is 8.33. The number of thioether (sulfide) groups is 1. The Morgan fingerprint density at radius 1 is 1.23 bits per heavy atom. The first-order chi connectivity index (χ1) is 12.6. The van der Waals surface area contributed by atoms with Crippen LogP contribution >= 0.6 is 11.8 Å². The largest absolute Gasteiger partial charge is 0.467 e. The molecule has 1 aliphatic heterocycles. The molecule has 3 rings (SSSR count). The van der Waals surface area contributed by atoms with E-state index in [0.29, 0.717) is 11.8 Å². The van der Waals surface area contributed by atoms with Crippen LogP contribution in [0.25, 0.3) is 0 Å². The van der Waals surface area contributed by atoms with Gasteiger partial charge in [0, 0.05) is 18.0 Å². The van der Waals surface area contributed by atoms with Gasteiger partial charge in [0.15, 0.2) is 5.82 Å². The van der Waals surface area contributed by atoms with E-state index in [9.17, 15) is 9.18 Å². The fourth-order valence-electron chi connectivity index (χ4n) is 2.52. The topological polar surface area (TPSA) is 80.2 Å². The Labute approximate surface area is 155 Å². The third-order valence-electron chi connectivity index (χ3n) is 3.85. The van der Waals surface area contributed by atoms with E-state index >= 15 is 0 Å². The van der Waals surface area contributed by atoms with Crippen molar-refractivity contribution < 1.29 is 13.9 Å². The van der Waals surface area contributed by atoms with Gasteiger partial charge in [-0.05, 0) is 37.1 Å². The lowest BCUT2D eigenvalue weighted by molar-refractivity contribution is -0.118. The average molecular weight is 377 g/mol. The molecule has 9 heteroatoms. The van der Waals surface area contributed by atoms with Gasteiger partial charge in [-0.15, -0.1) is 11.8 Å². The lowest BCUT2D eigenvalue weighted by Gasteiger charge is -2.16. The summed E-state index contributed by atoms with van der Waals surface area (Å²) in [6, 6.07) is 6.28. The Hall–Kier alpha value is -2.42. The molecule has 1 saturated heterocycles. The van der Waals surface area contributed by atoms with Gasteiger partial charge in [0.1, 0.15) is 5.82 Å². The molecule has 7 nitrogen and oxygen atoms in total. The van der Waals surface area contributed by atoms with Crippen LogP contribution in [0.5, 0.6) is 6.01 Å². The minimum absolute atomic E-state index is 0.151. The standard InChI is InChI=1S/C17H20FN5O2S/c1-25-17-21-14(20-16(22-17)23-8-2-3-9-23)10-19-15(24)11-26-13-6-4-12(18)5-7-13/h4-7H,2-3,8-11H2,1H3,(H,19,24). The van der Waals surface area contributed by atoms with Crippen LogP contribution in [0.1, 0.15) is 18.7 Å². The van der Waals surface area contributed by atoms with Crippen molar-refractivity contribution in [2.45, 2.75) is 24.3 Å². The van der Waals surface area contributed by atoms with Gasteiger partial charge in [-0.2, -0.15) is 15.0 Å². The number of ether oxygens (including phenoxy) is 1. The first kappa shape index (κ1) is 18.4. The minimum atomic E-state index is -0.295. The van der Waals surface area contributed by atoms with E-state index in [1.807, 2.05) is 0 Å². The number of halogens is 1. The van der Waals surface area contributed by atoms with Gasteiger partial charge in [0.25, 0.3) is 0 Å². The maximum absolute atomic E-state index is 12.9. The van der Waals surface area contributed by atoms with Crippen LogP contribution in [0.15, 0.2) is 29.2 Å². The molecule has 1 N–H and O–H groups in total. The number of anilines is 1. The summed E-state index contributed by atoms with van der Waals surface area (Å²) in [6.45, 7) is 2.02. The van der Waals surface area contributed by atoms with Crippen LogP contribution in [0.4, 0.5) is 10.3 Å². The van der Waals surface area contributed by atoms with Crippen LogP contribution in [0, 0.1) is 5.82 Å². The van der Waals surface area contributed by atoms with Crippen molar-refractivity contribution in [2.75, 3.05) is 30.9 Å². The molecule has 0 saturated carbocycles. The highest BCUT2D eigenvalue weighted by Gasteiger charge is 2.18. The number of rotatable bonds is 7. The Balaban J connectivity index is 1.55. The van der Waals surface area contributed by atoms with Crippen LogP contribution in [0.2, 0.25) is 0 Å². The van der Waals surface area contributed by atoms with Gasteiger partial charge in [-0.1, -0.05) is 0 Å². The van der Waals surface area contributed by atoms with Gasteiger partial charge < -0.3 is 15.0 Å². The van der Waals surface area contributed by atoms with E-state index in [4.69, 9.17) is 4.74 Å². The summed E-state index contributed by atoms with van der Waals surface area (Å²) in [4.78, 5) is 27.8. The highest BCUT2D eigenvalue weighted by atomic mass is 32.2. The lowest BCUT2D eigenvalue weighted by atomic mass is 10.4. The van der Waals surface area contributed by atoms with Crippen molar-refractivity contribution in [1.29, 1.82) is 0 Å². The SMILES string of the molecule is COc1nc(CNC(=O)CSc2ccc(F)cc2)nc(N2CCCC2)n1. The van der Waals surface area contributed by atoms with Crippen LogP contribution in [0.3, 0.4) is 0 Å². The van der Waals surface area contributed by atoms with Gasteiger partial charge in [0.2, 0.25) is 11.9 Å². The smallest absolute Gasteiger partial charge is 0.321 e. The Morgan fingerprint density at radius 3 is 2.65 bits per heavy atom. The molecule has 1 aromatic heterocycles. The molecule has 2 heterocycles. The molecule has 0 aliphatic carbocycles. The molecule has 0 unspecified atom stereocenters. The number of benzene rings is 1. The van der Waals surface area contributed by atoms with Gasteiger partial charge >= 0.3 is 6.01 Å². The van der Waals surface area contributed by atoms with Gasteiger partial charge in [0.05, 0.1) is 19.4 Å². The van der Waals surface area contributed by atoms with Gasteiger partial charge in [-0.25, -0.2) is 4.39 Å². The second-order valence-corrected chi connectivity index (χ2v) is 6.80. The van der Waals surface area contributed by atoms with Crippen LogP contribution in [-0.4, -0.2) is 46.8 Å². The van der Waals surface area contributed by atoms with E-state index < -0.39 is 0 Å². The molecule has 0 bridgehead atoms. The maximum Gasteiger partial charge on any atom is 0.321 e. The number of aromatic nitrogens is 3. The number of amides is 1. The molecule has 26 heavy (non-hydrogen) atoms. The number of nitrogens with zero attached hydrogens (tertiary/aromatic N) is 4. The molecule has 1 aromatic carbocycles. The molecule has 1 aliphatic rings. The molecule has 0 atom stereocenters. The number of hydrogen-bond donors (Lipinski definition) is 1. The third kappa shape index (κ3) is 5.04. The van der Waals surface area contributed by atoms with E-state index in [1.54, 1.807) is 12.1 Å². The van der Waals surface area contributed by atoms with E-state index in [0.717, 1.165) is 30.8 Å². The van der Waals surface area contributed by atoms with E-state index in [2.05, 4.69) is 25.2 Å². The highest BCUT2D eigenvalue weighted by Crippen LogP contribution is 2.19. The monoisotopic (exact) mass is 377 g/mol. The summed E-state index contributed by atoms with van der Waals surface area (Å²) in [5.74, 6) is 0.823. The minimum Gasteiger partial charge on any atom is -0.467 e. The summed E-state index contributed by atoms with van der Waals surface area (Å²) < 4.78 is 18.0. The lowest BCUT2D eigenvalue weighted by Crippen LogP contribution is -2.27. The second kappa shape index (κ2) is 8.79. The molecule has 1 amide bonds. The molecular weight excluding hydrogens is 357 g/mol. The predicted octanol–water partition coefficient (Wildman–Crippen LogP) is 2.03. The summed E-state index contributed by atoms with van der Waals surface area (Å²) >= 11 is 1.34. The van der Waals surface area contributed by atoms with E-state index in [-0.39, 0.29) is 30.0 Å². The number of carbonyl (C=O) groups is 1. The third-order valence-corrected chi connectivity index (χ3v) is 4.86. The fraction of sp³-hybridized carbons (Fsp3) is 0.412. The van der Waals surface area contributed by atoms with Crippen molar-refractivity contribution in [2.24, 2.45) is 0 Å². The molecule has 1 fully saturated rings. The average Bonchev–Trinajstić information content (AvgIpc) is 3.20. The van der Waals surface area contributed by atoms with E-state index in [1.165, 1.54) is 31.0 Å². The summed E-state index contributed by atoms with van der Waals surface area (Å²) in [7, 11) is 1.50. The first-order valence-corrected chi connectivity index (χ1v) is 9.31. The fourth-order valence-corrected chi connectivity index (χ4v) is 3.25. The Morgan fingerprint density at radius 2 is 1.96 bits per heavy atom. The number of nitrogens with one attached hydrogen (secondary N) is 1. The zero-order chi connectivity index (χ0) is 18.4. The van der Waals surface area contributed by atoms with Crippen molar-refractivity contribution in [3.63, 3.8) is 0 Å². The van der Waals surface area contributed by atoms with Gasteiger partial charge in [-0.3, -0.25) is 4.79 Å². The zero-order valence-corrected chi connectivity index (χ0v) is 15.3. The second-order valence-electron chi connectivity index (χ2n) is 5.75. The van der Waals surface area contributed by atoms with Crippen molar-refractivity contribution >= 4 is 23.6 Å². The molecule has 0 radical (unpaired) electrons. The van der Waals surface area contributed by atoms with Crippen LogP contribution in [-0.2, 0) is 11.3 Å². The molecular formula is C17H20FN5O2S. The summed E-state index contributed by atoms with van der Waals surface area (Å²) in [6.07, 6.45) is 2.22. The van der Waals surface area contributed by atoms with Crippen molar-refractivity contribution in [3.8, 4) is 6.01 Å². The van der Waals surface area contributed by atoms with Crippen LogP contribution < -0.4 is 15.0 Å². The maximum atomic E-state index is 12.9. The molecule has 138 valence electrons. The molecule has 2 aromatic rings. The van der Waals surface area contributed by atoms with Crippen molar-refractivity contribution in [3.05, 3.63) is 35.9 Å². The van der Waals surface area contributed by atoms with Crippen molar-refractivity contribution in [1.82, 2.24) is 20.3 Å². The normalized spacial score (nSPS) is 13.7. The summed E-state index contributed by atoms with van der Waals surface area (Å²) in [5.41, 5.74) is 0. The number of carbonyl (C=O) groups excluding carboxylic acids is 1. The number of hydrogen-bond acceptors (Lipinski definition) is 7. The Kier molecular flexibility index (Phi) is 6.21. The summed E-state index contributed by atoms with van der Waals surface area (Å²) in [5, 5.41) is 2.79. The number of methoxy groups -OCH3 is 1. The Bertz CT molecular complexity index is 753. The highest BCUT2D eigenvalue weighted by molar-refractivity contribution is 8.00. The quantitative estimate of drug-likeness (QED) is 0.740. The predicted molar refractivity (Wildman–Crippen MR) is 96.8 cm³/mol. The zero-order valence-electron chi connectivity index (χ0n) is 14.4.